The molecule has 0 radical (unpaired) electrons. The molecule has 1 saturated carbocycles. The number of benzene rings is 3. The van der Waals surface area contributed by atoms with Crippen LogP contribution >= 0.6 is 0 Å². The Morgan fingerprint density at radius 2 is 1.49 bits per heavy atom. The number of allylic oxidation sites excluding steroid dienone is 1. The van der Waals surface area contributed by atoms with Crippen molar-refractivity contribution < 1.29 is 13.5 Å². The van der Waals surface area contributed by atoms with Crippen molar-refractivity contribution in [3.8, 4) is 0 Å². The summed E-state index contributed by atoms with van der Waals surface area (Å²) in [5, 5.41) is 9.47. The first kappa shape index (κ1) is 29.4. The lowest BCUT2D eigenvalue weighted by molar-refractivity contribution is 0.193. The van der Waals surface area contributed by atoms with Crippen molar-refractivity contribution in [3.05, 3.63) is 95.6 Å². The summed E-state index contributed by atoms with van der Waals surface area (Å²) in [5.41, 5.74) is 7.35. The van der Waals surface area contributed by atoms with Gasteiger partial charge in [0.05, 0.1) is 5.25 Å². The fraction of sp³-hybridized carbons (Fsp3) is 0.412. The van der Waals surface area contributed by atoms with E-state index in [9.17, 15) is 13.5 Å². The summed E-state index contributed by atoms with van der Waals surface area (Å²) < 4.78 is 27.7. The Morgan fingerprint density at radius 1 is 0.878 bits per heavy atom. The second kappa shape index (κ2) is 13.2. The van der Waals surface area contributed by atoms with Crippen molar-refractivity contribution >= 4 is 32.5 Å². The van der Waals surface area contributed by atoms with Gasteiger partial charge in [0.15, 0.2) is 0 Å². The molecule has 2 fully saturated rings. The Kier molecular flexibility index (Phi) is 9.48. The lowest BCUT2D eigenvalue weighted by Gasteiger charge is -2.39. The minimum Gasteiger partial charge on any atom is -0.396 e. The summed E-state index contributed by atoms with van der Waals surface area (Å²) in [5.74, 6) is 0. The standard InChI is InChI=1S/C34H43N3O3S/c1-3-26(2)36-21-23-37(24-22-36)31-17-13-29(14-18-31)34(33(10-7-25-38)27-8-5-4-6-9-27)28-11-15-30(16-12-28)35-41(39,40)32-19-20-32/h4-6,8-9,11-18,26,32,35,38H,3,7,10,19-25H2,1-2H3/b34-33-. The average molecular weight is 574 g/mol. The van der Waals surface area contributed by atoms with Crippen LogP contribution in [-0.2, 0) is 10.0 Å². The molecule has 0 aromatic heterocycles. The van der Waals surface area contributed by atoms with Gasteiger partial charge in [-0.1, -0.05) is 61.5 Å². The highest BCUT2D eigenvalue weighted by molar-refractivity contribution is 7.93. The molecule has 3 aromatic carbocycles. The normalized spacial score (nSPS) is 17.7. The highest BCUT2D eigenvalue weighted by Crippen LogP contribution is 2.37. The molecular formula is C34H43N3O3S. The van der Waals surface area contributed by atoms with Crippen LogP contribution in [0.25, 0.3) is 11.1 Å². The van der Waals surface area contributed by atoms with Crippen molar-refractivity contribution in [2.24, 2.45) is 0 Å². The first-order chi connectivity index (χ1) is 19.9. The number of hydrogen-bond donors (Lipinski definition) is 2. The Balaban J connectivity index is 1.48. The molecule has 3 aromatic rings. The van der Waals surface area contributed by atoms with E-state index in [0.717, 1.165) is 67.7 Å². The van der Waals surface area contributed by atoms with Gasteiger partial charge in [-0.2, -0.15) is 0 Å². The van der Waals surface area contributed by atoms with Crippen LogP contribution in [0, 0.1) is 0 Å². The van der Waals surface area contributed by atoms with E-state index in [-0.39, 0.29) is 11.9 Å². The SMILES string of the molecule is CCC(C)N1CCN(c2ccc(/C(=C(/CCCO)c3ccccc3)c3ccc(NS(=O)(=O)C4CC4)cc3)cc2)CC1. The fourth-order valence-corrected chi connectivity index (χ4v) is 7.06. The van der Waals surface area contributed by atoms with Crippen LogP contribution in [0.3, 0.4) is 0 Å². The molecule has 1 heterocycles. The van der Waals surface area contributed by atoms with Gasteiger partial charge in [-0.05, 0) is 91.1 Å². The first-order valence-corrected chi connectivity index (χ1v) is 16.5. The van der Waals surface area contributed by atoms with Crippen LogP contribution in [0.4, 0.5) is 11.4 Å². The smallest absolute Gasteiger partial charge is 0.235 e. The lowest BCUT2D eigenvalue weighted by Crippen LogP contribution is -2.49. The maximum atomic E-state index is 12.5. The van der Waals surface area contributed by atoms with Crippen LogP contribution in [0.15, 0.2) is 78.9 Å². The molecule has 2 aliphatic rings. The Bertz CT molecular complexity index is 1410. The van der Waals surface area contributed by atoms with Gasteiger partial charge in [0.25, 0.3) is 0 Å². The fourth-order valence-electron chi connectivity index (χ4n) is 5.67. The molecule has 5 rings (SSSR count). The minimum atomic E-state index is -3.32. The Labute approximate surface area is 245 Å². The molecular weight excluding hydrogens is 530 g/mol. The number of hydrogen-bond acceptors (Lipinski definition) is 5. The number of nitrogens with zero attached hydrogens (tertiary/aromatic N) is 2. The molecule has 1 saturated heterocycles. The van der Waals surface area contributed by atoms with Gasteiger partial charge in [0.2, 0.25) is 10.0 Å². The van der Waals surface area contributed by atoms with E-state index in [4.69, 9.17) is 0 Å². The van der Waals surface area contributed by atoms with Gasteiger partial charge < -0.3 is 10.0 Å². The Morgan fingerprint density at radius 3 is 2.05 bits per heavy atom. The van der Waals surface area contributed by atoms with Gasteiger partial charge >= 0.3 is 0 Å². The maximum absolute atomic E-state index is 12.5. The van der Waals surface area contributed by atoms with Crippen LogP contribution in [-0.4, -0.2) is 62.5 Å². The van der Waals surface area contributed by atoms with Gasteiger partial charge in [0, 0.05) is 50.2 Å². The second-order valence-corrected chi connectivity index (χ2v) is 13.3. The van der Waals surface area contributed by atoms with Crippen LogP contribution in [0.1, 0.15) is 62.6 Å². The minimum absolute atomic E-state index is 0.118. The maximum Gasteiger partial charge on any atom is 0.235 e. The molecule has 6 nitrogen and oxygen atoms in total. The summed E-state index contributed by atoms with van der Waals surface area (Å²) in [6.07, 6.45) is 4.03. The van der Waals surface area contributed by atoms with Gasteiger partial charge in [-0.25, -0.2) is 8.42 Å². The highest BCUT2D eigenvalue weighted by atomic mass is 32.2. The number of aliphatic hydroxyl groups excluding tert-OH is 1. The van der Waals surface area contributed by atoms with E-state index in [2.05, 4.69) is 64.8 Å². The third-order valence-electron chi connectivity index (χ3n) is 8.46. The molecule has 218 valence electrons. The molecule has 1 aliphatic carbocycles. The molecule has 1 unspecified atom stereocenters. The van der Waals surface area contributed by atoms with Crippen molar-refractivity contribution in [1.29, 1.82) is 0 Å². The molecule has 1 atom stereocenters. The van der Waals surface area contributed by atoms with E-state index in [0.29, 0.717) is 18.2 Å². The second-order valence-electron chi connectivity index (χ2n) is 11.3. The van der Waals surface area contributed by atoms with E-state index < -0.39 is 10.0 Å². The van der Waals surface area contributed by atoms with E-state index in [1.54, 1.807) is 0 Å². The molecule has 7 heteroatoms. The number of sulfonamides is 1. The molecule has 0 spiro atoms. The molecule has 41 heavy (non-hydrogen) atoms. The lowest BCUT2D eigenvalue weighted by atomic mass is 9.87. The van der Waals surface area contributed by atoms with E-state index >= 15 is 0 Å². The molecule has 0 amide bonds. The number of rotatable bonds is 12. The first-order valence-electron chi connectivity index (χ1n) is 15.0. The van der Waals surface area contributed by atoms with E-state index in [1.165, 1.54) is 17.7 Å². The zero-order chi connectivity index (χ0) is 28.8. The predicted octanol–water partition coefficient (Wildman–Crippen LogP) is 6.24. The third-order valence-corrected chi connectivity index (χ3v) is 10.3. The van der Waals surface area contributed by atoms with E-state index in [1.807, 2.05) is 42.5 Å². The van der Waals surface area contributed by atoms with Gasteiger partial charge in [-0.15, -0.1) is 0 Å². The average Bonchev–Trinajstić information content (AvgIpc) is 3.87. The van der Waals surface area contributed by atoms with Crippen LogP contribution < -0.4 is 9.62 Å². The number of nitrogens with one attached hydrogen (secondary N) is 1. The van der Waals surface area contributed by atoms with Gasteiger partial charge in [0.1, 0.15) is 0 Å². The summed E-state index contributed by atoms with van der Waals surface area (Å²) in [7, 11) is -3.32. The molecule has 2 N–H and O–H groups in total. The molecule has 1 aliphatic heterocycles. The third kappa shape index (κ3) is 7.21. The number of piperazine rings is 1. The van der Waals surface area contributed by atoms with Crippen molar-refractivity contribution in [1.82, 2.24) is 4.90 Å². The van der Waals surface area contributed by atoms with Crippen LogP contribution in [0.5, 0.6) is 0 Å². The monoisotopic (exact) mass is 573 g/mol. The summed E-state index contributed by atoms with van der Waals surface area (Å²) in [6, 6.07) is 27.6. The summed E-state index contributed by atoms with van der Waals surface area (Å²) >= 11 is 0. The topological polar surface area (TPSA) is 72.9 Å². The summed E-state index contributed by atoms with van der Waals surface area (Å²) in [4.78, 5) is 5.05. The highest BCUT2D eigenvalue weighted by Gasteiger charge is 2.35. The largest absolute Gasteiger partial charge is 0.396 e. The number of anilines is 2. The summed E-state index contributed by atoms with van der Waals surface area (Å²) in [6.45, 7) is 8.90. The van der Waals surface area contributed by atoms with Crippen molar-refractivity contribution in [3.63, 3.8) is 0 Å². The van der Waals surface area contributed by atoms with Crippen molar-refractivity contribution in [2.45, 2.75) is 57.2 Å². The zero-order valence-electron chi connectivity index (χ0n) is 24.3. The predicted molar refractivity (Wildman–Crippen MR) is 171 cm³/mol. The van der Waals surface area contributed by atoms with Crippen LogP contribution in [0.2, 0.25) is 0 Å². The van der Waals surface area contributed by atoms with Gasteiger partial charge in [-0.3, -0.25) is 9.62 Å². The Hall–Kier alpha value is -3.13. The zero-order valence-corrected chi connectivity index (χ0v) is 25.1. The van der Waals surface area contributed by atoms with Crippen molar-refractivity contribution in [2.75, 3.05) is 42.4 Å². The quantitative estimate of drug-likeness (QED) is 0.251. The number of aliphatic hydroxyl groups is 1. The molecule has 0 bridgehead atoms.